The Morgan fingerprint density at radius 2 is 2.04 bits per heavy atom. The summed E-state index contributed by atoms with van der Waals surface area (Å²) in [5, 5.41) is 0. The highest BCUT2D eigenvalue weighted by molar-refractivity contribution is 5.98. The maximum absolute atomic E-state index is 12.7. The standard InChI is InChI=1S/C20H28N4O4/c21-19-16(20(26)23-6-1-2-7-23)10-14-11-24(8-5-17(14)22-19)18(25)13-27-12-15-4-3-9-28-15/h10,15H,1-9,11-13H2,(H2,21,22)/t15-/m0/s1. The molecule has 3 aliphatic heterocycles. The number of nitrogen functional groups attached to an aromatic ring is 1. The Hall–Kier alpha value is -2.19. The van der Waals surface area contributed by atoms with Crippen LogP contribution in [0.2, 0.25) is 0 Å². The van der Waals surface area contributed by atoms with Gasteiger partial charge in [-0.25, -0.2) is 4.98 Å². The second kappa shape index (κ2) is 8.45. The van der Waals surface area contributed by atoms with Crippen LogP contribution >= 0.6 is 0 Å². The monoisotopic (exact) mass is 388 g/mol. The van der Waals surface area contributed by atoms with Crippen molar-refractivity contribution in [3.8, 4) is 0 Å². The second-order valence-electron chi connectivity index (χ2n) is 7.74. The van der Waals surface area contributed by atoms with Crippen molar-refractivity contribution in [1.29, 1.82) is 0 Å². The Morgan fingerprint density at radius 3 is 2.79 bits per heavy atom. The number of carbonyl (C=O) groups is 2. The van der Waals surface area contributed by atoms with Crippen molar-refractivity contribution in [2.24, 2.45) is 0 Å². The molecule has 8 nitrogen and oxygen atoms in total. The fourth-order valence-corrected chi connectivity index (χ4v) is 4.11. The molecule has 0 unspecified atom stereocenters. The molecule has 0 aliphatic carbocycles. The maximum atomic E-state index is 12.7. The van der Waals surface area contributed by atoms with Gasteiger partial charge in [0.05, 0.1) is 18.3 Å². The second-order valence-corrected chi connectivity index (χ2v) is 7.74. The number of nitrogens with two attached hydrogens (primary N) is 1. The van der Waals surface area contributed by atoms with E-state index in [1.165, 1.54) is 0 Å². The molecule has 2 N–H and O–H groups in total. The topological polar surface area (TPSA) is 98.0 Å². The highest BCUT2D eigenvalue weighted by Gasteiger charge is 2.27. The molecule has 3 aliphatic rings. The van der Waals surface area contributed by atoms with Crippen LogP contribution in [0.5, 0.6) is 0 Å². The van der Waals surface area contributed by atoms with E-state index in [-0.39, 0.29) is 30.3 Å². The molecule has 0 radical (unpaired) electrons. The lowest BCUT2D eigenvalue weighted by atomic mass is 10.0. The van der Waals surface area contributed by atoms with E-state index in [4.69, 9.17) is 15.2 Å². The minimum absolute atomic E-state index is 0.0482. The zero-order valence-electron chi connectivity index (χ0n) is 16.2. The fourth-order valence-electron chi connectivity index (χ4n) is 4.11. The third-order valence-corrected chi connectivity index (χ3v) is 5.73. The SMILES string of the molecule is Nc1nc2c(cc1C(=O)N1CCCC1)CN(C(=O)COC[C@@H]1CCCO1)CC2. The van der Waals surface area contributed by atoms with Crippen LogP contribution < -0.4 is 5.73 Å². The van der Waals surface area contributed by atoms with E-state index in [0.29, 0.717) is 31.7 Å². The smallest absolute Gasteiger partial charge is 0.257 e. The summed E-state index contributed by atoms with van der Waals surface area (Å²) in [7, 11) is 0. The molecule has 2 fully saturated rings. The van der Waals surface area contributed by atoms with Gasteiger partial charge in [-0.2, -0.15) is 0 Å². The van der Waals surface area contributed by atoms with Crippen LogP contribution in [0, 0.1) is 0 Å². The molecule has 0 bridgehead atoms. The van der Waals surface area contributed by atoms with E-state index >= 15 is 0 Å². The number of hydrogen-bond donors (Lipinski definition) is 1. The molecular weight excluding hydrogens is 360 g/mol. The first kappa shape index (κ1) is 19.1. The van der Waals surface area contributed by atoms with Gasteiger partial charge in [-0.15, -0.1) is 0 Å². The van der Waals surface area contributed by atoms with Crippen molar-refractivity contribution in [2.75, 3.05) is 45.2 Å². The van der Waals surface area contributed by atoms with Gasteiger partial charge in [0, 0.05) is 44.9 Å². The molecule has 0 saturated carbocycles. The van der Waals surface area contributed by atoms with Crippen molar-refractivity contribution >= 4 is 17.6 Å². The molecule has 4 rings (SSSR count). The first-order valence-corrected chi connectivity index (χ1v) is 10.2. The van der Waals surface area contributed by atoms with E-state index in [1.807, 2.05) is 11.0 Å². The van der Waals surface area contributed by atoms with Crippen LogP contribution in [0.1, 0.15) is 47.3 Å². The molecule has 2 amide bonds. The maximum Gasteiger partial charge on any atom is 0.257 e. The molecule has 0 aromatic carbocycles. The van der Waals surface area contributed by atoms with Crippen molar-refractivity contribution < 1.29 is 19.1 Å². The van der Waals surface area contributed by atoms with E-state index in [1.54, 1.807) is 4.90 Å². The Morgan fingerprint density at radius 1 is 1.21 bits per heavy atom. The number of rotatable bonds is 5. The number of fused-ring (bicyclic) bond motifs is 1. The summed E-state index contributed by atoms with van der Waals surface area (Å²) < 4.78 is 11.1. The van der Waals surface area contributed by atoms with E-state index in [2.05, 4.69) is 4.98 Å². The van der Waals surface area contributed by atoms with E-state index in [9.17, 15) is 9.59 Å². The van der Waals surface area contributed by atoms with Crippen LogP contribution in [-0.2, 0) is 27.2 Å². The summed E-state index contributed by atoms with van der Waals surface area (Å²) in [5.41, 5.74) is 8.28. The molecule has 1 atom stereocenters. The molecule has 28 heavy (non-hydrogen) atoms. The van der Waals surface area contributed by atoms with Gasteiger partial charge < -0.3 is 25.0 Å². The Labute approximate surface area is 165 Å². The van der Waals surface area contributed by atoms with Crippen molar-refractivity contribution in [3.05, 3.63) is 22.9 Å². The van der Waals surface area contributed by atoms with Crippen molar-refractivity contribution in [3.63, 3.8) is 0 Å². The lowest BCUT2D eigenvalue weighted by molar-refractivity contribution is -0.138. The van der Waals surface area contributed by atoms with Gasteiger partial charge in [0.25, 0.3) is 5.91 Å². The van der Waals surface area contributed by atoms with Crippen molar-refractivity contribution in [2.45, 2.75) is 44.8 Å². The van der Waals surface area contributed by atoms with Crippen LogP contribution in [0.3, 0.4) is 0 Å². The Balaban J connectivity index is 1.38. The lowest BCUT2D eigenvalue weighted by Crippen LogP contribution is -2.39. The first-order chi connectivity index (χ1) is 13.6. The molecule has 1 aromatic heterocycles. The number of nitrogens with zero attached hydrogens (tertiary/aromatic N) is 3. The molecular formula is C20H28N4O4. The Bertz CT molecular complexity index is 742. The summed E-state index contributed by atoms with van der Waals surface area (Å²) in [6.07, 6.45) is 4.85. The third-order valence-electron chi connectivity index (χ3n) is 5.73. The number of amides is 2. The third kappa shape index (κ3) is 4.12. The molecule has 0 spiro atoms. The summed E-state index contributed by atoms with van der Waals surface area (Å²) >= 11 is 0. The average Bonchev–Trinajstić information content (AvgIpc) is 3.40. The minimum atomic E-state index is -0.0614. The van der Waals surface area contributed by atoms with Crippen LogP contribution in [-0.4, -0.2) is 72.2 Å². The quantitative estimate of drug-likeness (QED) is 0.807. The van der Waals surface area contributed by atoms with Gasteiger partial charge in [-0.1, -0.05) is 0 Å². The highest BCUT2D eigenvalue weighted by atomic mass is 16.5. The Kier molecular flexibility index (Phi) is 5.77. The number of pyridine rings is 1. The number of likely N-dealkylation sites (tertiary alicyclic amines) is 1. The van der Waals surface area contributed by atoms with Gasteiger partial charge >= 0.3 is 0 Å². The van der Waals surface area contributed by atoms with Crippen LogP contribution in [0.4, 0.5) is 5.82 Å². The summed E-state index contributed by atoms with van der Waals surface area (Å²) in [4.78, 5) is 33.3. The molecule has 1 aromatic rings. The van der Waals surface area contributed by atoms with Gasteiger partial charge in [0.2, 0.25) is 5.91 Å². The lowest BCUT2D eigenvalue weighted by Gasteiger charge is -2.29. The normalized spacial score (nSPS) is 21.8. The number of aromatic nitrogens is 1. The number of ether oxygens (including phenoxy) is 2. The predicted octanol–water partition coefficient (Wildman–Crippen LogP) is 0.980. The van der Waals surface area contributed by atoms with Gasteiger partial charge in [0.1, 0.15) is 12.4 Å². The van der Waals surface area contributed by atoms with Crippen LogP contribution in [0.15, 0.2) is 6.07 Å². The molecule has 8 heteroatoms. The highest BCUT2D eigenvalue weighted by Crippen LogP contribution is 2.24. The summed E-state index contributed by atoms with van der Waals surface area (Å²) in [5.74, 6) is 0.178. The first-order valence-electron chi connectivity index (χ1n) is 10.2. The summed E-state index contributed by atoms with van der Waals surface area (Å²) in [6, 6.07) is 1.82. The van der Waals surface area contributed by atoms with E-state index < -0.39 is 0 Å². The summed E-state index contributed by atoms with van der Waals surface area (Å²) in [6.45, 7) is 3.84. The zero-order chi connectivity index (χ0) is 19.5. The molecule has 152 valence electrons. The van der Waals surface area contributed by atoms with Gasteiger partial charge in [0.15, 0.2) is 0 Å². The fraction of sp³-hybridized carbons (Fsp3) is 0.650. The number of carbonyl (C=O) groups excluding carboxylic acids is 2. The van der Waals surface area contributed by atoms with Gasteiger partial charge in [-0.05, 0) is 37.3 Å². The number of anilines is 1. The predicted molar refractivity (Wildman–Crippen MR) is 103 cm³/mol. The minimum Gasteiger partial charge on any atom is -0.383 e. The van der Waals surface area contributed by atoms with Crippen molar-refractivity contribution in [1.82, 2.24) is 14.8 Å². The van der Waals surface area contributed by atoms with Gasteiger partial charge in [-0.3, -0.25) is 9.59 Å². The van der Waals surface area contributed by atoms with Crippen LogP contribution in [0.25, 0.3) is 0 Å². The average molecular weight is 388 g/mol. The molecule has 4 heterocycles. The van der Waals surface area contributed by atoms with E-state index in [0.717, 1.165) is 56.6 Å². The number of hydrogen-bond acceptors (Lipinski definition) is 6. The zero-order valence-corrected chi connectivity index (χ0v) is 16.2. The molecule has 2 saturated heterocycles. The largest absolute Gasteiger partial charge is 0.383 e.